The molecule has 2 nitrogen and oxygen atoms in total. The van der Waals surface area contributed by atoms with Crippen LogP contribution in [0.4, 0.5) is 0 Å². The molecular formula is C16H9BrClNO. The van der Waals surface area contributed by atoms with Crippen molar-refractivity contribution in [3.05, 3.63) is 75.4 Å². The Morgan fingerprint density at radius 2 is 1.90 bits per heavy atom. The molecular weight excluding hydrogens is 338 g/mol. The smallest absolute Gasteiger partial charge is 0.196 e. The summed E-state index contributed by atoms with van der Waals surface area (Å²) in [7, 11) is 0. The number of ketones is 1. The molecule has 1 aromatic heterocycles. The molecule has 0 atom stereocenters. The van der Waals surface area contributed by atoms with Crippen LogP contribution in [0.5, 0.6) is 0 Å². The summed E-state index contributed by atoms with van der Waals surface area (Å²) in [4.78, 5) is 16.8. The van der Waals surface area contributed by atoms with Gasteiger partial charge in [-0.25, -0.2) is 0 Å². The number of carbonyl (C=O) groups excluding carboxylic acids is 1. The fraction of sp³-hybridized carbons (Fsp3) is 0. The summed E-state index contributed by atoms with van der Waals surface area (Å²) >= 11 is 9.45. The quantitative estimate of drug-likeness (QED) is 0.619. The van der Waals surface area contributed by atoms with Crippen molar-refractivity contribution in [1.82, 2.24) is 4.98 Å². The van der Waals surface area contributed by atoms with E-state index >= 15 is 0 Å². The lowest BCUT2D eigenvalue weighted by Gasteiger charge is -2.05. The molecule has 2 aromatic carbocycles. The number of hydrogen-bond donors (Lipinski definition) is 0. The molecule has 1 heterocycles. The summed E-state index contributed by atoms with van der Waals surface area (Å²) in [6.07, 6.45) is 1.59. The lowest BCUT2D eigenvalue weighted by molar-refractivity contribution is 0.103. The molecule has 3 rings (SSSR count). The highest BCUT2D eigenvalue weighted by molar-refractivity contribution is 9.10. The van der Waals surface area contributed by atoms with Crippen molar-refractivity contribution < 1.29 is 4.79 Å². The molecule has 3 aromatic rings. The number of halogens is 2. The molecule has 0 bridgehead atoms. The number of pyridine rings is 1. The molecule has 0 fully saturated rings. The van der Waals surface area contributed by atoms with Crippen molar-refractivity contribution in [2.24, 2.45) is 0 Å². The molecule has 4 heteroatoms. The molecule has 0 spiro atoms. The Bertz CT molecular complexity index is 816. The van der Waals surface area contributed by atoms with Crippen molar-refractivity contribution >= 4 is 44.2 Å². The maximum atomic E-state index is 12.5. The number of fused-ring (bicyclic) bond motifs is 1. The van der Waals surface area contributed by atoms with Crippen LogP contribution in [0, 0.1) is 0 Å². The Kier molecular flexibility index (Phi) is 3.55. The van der Waals surface area contributed by atoms with Gasteiger partial charge in [-0.05, 0) is 30.3 Å². The van der Waals surface area contributed by atoms with Gasteiger partial charge in [-0.3, -0.25) is 9.78 Å². The maximum Gasteiger partial charge on any atom is 0.196 e. The van der Waals surface area contributed by atoms with Crippen LogP contribution in [0.1, 0.15) is 15.9 Å². The molecule has 0 saturated heterocycles. The van der Waals surface area contributed by atoms with E-state index in [1.54, 1.807) is 24.4 Å². The topological polar surface area (TPSA) is 30.0 Å². The van der Waals surface area contributed by atoms with Gasteiger partial charge in [0, 0.05) is 27.2 Å². The molecule has 0 N–H and O–H groups in total. The second kappa shape index (κ2) is 5.35. The minimum atomic E-state index is -0.130. The third-order valence-electron chi connectivity index (χ3n) is 3.03. The van der Waals surface area contributed by atoms with Crippen LogP contribution in [0.3, 0.4) is 0 Å². The summed E-state index contributed by atoms with van der Waals surface area (Å²) < 4.78 is 0.819. The average molecular weight is 347 g/mol. The molecule has 98 valence electrons. The third kappa shape index (κ3) is 2.47. The highest BCUT2D eigenvalue weighted by Crippen LogP contribution is 2.24. The SMILES string of the molecule is O=C(c1cnc2ccccc2c1)c1cc(Br)ccc1Cl. The van der Waals surface area contributed by atoms with E-state index in [4.69, 9.17) is 11.6 Å². The Morgan fingerprint density at radius 1 is 1.10 bits per heavy atom. The number of rotatable bonds is 2. The van der Waals surface area contributed by atoms with E-state index in [-0.39, 0.29) is 5.78 Å². The van der Waals surface area contributed by atoms with Crippen molar-refractivity contribution in [3.8, 4) is 0 Å². The van der Waals surface area contributed by atoms with Gasteiger partial charge >= 0.3 is 0 Å². The zero-order valence-corrected chi connectivity index (χ0v) is 12.6. The van der Waals surface area contributed by atoms with Crippen molar-refractivity contribution in [2.45, 2.75) is 0 Å². The number of para-hydroxylation sites is 1. The summed E-state index contributed by atoms with van der Waals surface area (Å²) in [5.74, 6) is -0.130. The second-order valence-electron chi connectivity index (χ2n) is 4.37. The van der Waals surface area contributed by atoms with Gasteiger partial charge in [0.1, 0.15) is 0 Å². The first-order valence-corrected chi connectivity index (χ1v) is 7.17. The van der Waals surface area contributed by atoms with Gasteiger partial charge in [0.05, 0.1) is 10.5 Å². The van der Waals surface area contributed by atoms with E-state index in [2.05, 4.69) is 20.9 Å². The minimum absolute atomic E-state index is 0.130. The molecule has 0 amide bonds. The first-order valence-electron chi connectivity index (χ1n) is 6.00. The Balaban J connectivity index is 2.10. The van der Waals surface area contributed by atoms with Crippen LogP contribution in [0.15, 0.2) is 59.2 Å². The van der Waals surface area contributed by atoms with E-state index in [0.29, 0.717) is 16.1 Å². The highest BCUT2D eigenvalue weighted by Gasteiger charge is 2.14. The van der Waals surface area contributed by atoms with Crippen molar-refractivity contribution in [3.63, 3.8) is 0 Å². The predicted octanol–water partition coefficient (Wildman–Crippen LogP) is 4.88. The Morgan fingerprint density at radius 3 is 2.75 bits per heavy atom. The number of nitrogens with zero attached hydrogens (tertiary/aromatic N) is 1. The maximum absolute atomic E-state index is 12.5. The van der Waals surface area contributed by atoms with Crippen LogP contribution in [-0.4, -0.2) is 10.8 Å². The number of carbonyl (C=O) groups is 1. The summed E-state index contributed by atoms with van der Waals surface area (Å²) in [5, 5.41) is 1.37. The largest absolute Gasteiger partial charge is 0.288 e. The fourth-order valence-corrected chi connectivity index (χ4v) is 2.59. The van der Waals surface area contributed by atoms with E-state index in [1.165, 1.54) is 0 Å². The van der Waals surface area contributed by atoms with Crippen molar-refractivity contribution in [1.29, 1.82) is 0 Å². The lowest BCUT2D eigenvalue weighted by atomic mass is 10.0. The summed E-state index contributed by atoms with van der Waals surface area (Å²) in [5.41, 5.74) is 1.87. The zero-order valence-electron chi connectivity index (χ0n) is 10.3. The van der Waals surface area contributed by atoms with E-state index in [1.807, 2.05) is 30.3 Å². The molecule has 0 radical (unpaired) electrons. The highest BCUT2D eigenvalue weighted by atomic mass is 79.9. The number of benzene rings is 2. The van der Waals surface area contributed by atoms with Gasteiger partial charge in [-0.1, -0.05) is 45.7 Å². The second-order valence-corrected chi connectivity index (χ2v) is 5.69. The van der Waals surface area contributed by atoms with Gasteiger partial charge in [0.15, 0.2) is 5.78 Å². The van der Waals surface area contributed by atoms with Crippen LogP contribution >= 0.6 is 27.5 Å². The molecule has 0 aliphatic heterocycles. The summed E-state index contributed by atoms with van der Waals surface area (Å²) in [6, 6.07) is 14.7. The Labute approximate surface area is 129 Å². The third-order valence-corrected chi connectivity index (χ3v) is 3.85. The van der Waals surface area contributed by atoms with Gasteiger partial charge < -0.3 is 0 Å². The van der Waals surface area contributed by atoms with Crippen LogP contribution < -0.4 is 0 Å². The zero-order chi connectivity index (χ0) is 14.1. The molecule has 0 unspecified atom stereocenters. The normalized spacial score (nSPS) is 10.7. The lowest BCUT2D eigenvalue weighted by Crippen LogP contribution is -2.03. The van der Waals surface area contributed by atoms with Crippen LogP contribution in [0.25, 0.3) is 10.9 Å². The first kappa shape index (κ1) is 13.3. The predicted molar refractivity (Wildman–Crippen MR) is 84.3 cm³/mol. The minimum Gasteiger partial charge on any atom is -0.288 e. The van der Waals surface area contributed by atoms with Gasteiger partial charge in [-0.15, -0.1) is 0 Å². The van der Waals surface area contributed by atoms with E-state index in [9.17, 15) is 4.79 Å². The number of aromatic nitrogens is 1. The fourth-order valence-electron chi connectivity index (χ4n) is 2.02. The van der Waals surface area contributed by atoms with Crippen LogP contribution in [0.2, 0.25) is 5.02 Å². The summed E-state index contributed by atoms with van der Waals surface area (Å²) in [6.45, 7) is 0. The molecule has 0 aliphatic carbocycles. The standard InChI is InChI=1S/C16H9BrClNO/c17-12-5-6-14(18)13(8-12)16(20)11-7-10-3-1-2-4-15(10)19-9-11/h1-9H. The van der Waals surface area contributed by atoms with Gasteiger partial charge in [-0.2, -0.15) is 0 Å². The first-order chi connectivity index (χ1) is 9.65. The van der Waals surface area contributed by atoms with E-state index < -0.39 is 0 Å². The monoisotopic (exact) mass is 345 g/mol. The van der Waals surface area contributed by atoms with Gasteiger partial charge in [0.25, 0.3) is 0 Å². The van der Waals surface area contributed by atoms with Crippen molar-refractivity contribution in [2.75, 3.05) is 0 Å². The number of hydrogen-bond acceptors (Lipinski definition) is 2. The van der Waals surface area contributed by atoms with E-state index in [0.717, 1.165) is 15.4 Å². The Hall–Kier alpha value is -1.71. The molecule has 20 heavy (non-hydrogen) atoms. The van der Waals surface area contributed by atoms with Crippen LogP contribution in [-0.2, 0) is 0 Å². The van der Waals surface area contributed by atoms with Gasteiger partial charge in [0.2, 0.25) is 0 Å². The average Bonchev–Trinajstić information content (AvgIpc) is 2.48. The molecule has 0 saturated carbocycles. The molecule has 0 aliphatic rings.